The Hall–Kier alpha value is -3.11. The number of aromatic nitrogens is 3. The van der Waals surface area contributed by atoms with Crippen LogP contribution in [0.1, 0.15) is 11.4 Å². The van der Waals surface area contributed by atoms with Gasteiger partial charge in [0.2, 0.25) is 5.91 Å². The smallest absolute Gasteiger partial charge is 0.233 e. The molecular formula is C23H25FN4O4S. The number of carbonyl (C=O) groups is 1. The molecular weight excluding hydrogens is 447 g/mol. The summed E-state index contributed by atoms with van der Waals surface area (Å²) >= 11 is 1.31. The molecule has 8 nitrogen and oxygen atoms in total. The van der Waals surface area contributed by atoms with Gasteiger partial charge in [-0.25, -0.2) is 4.39 Å². The maximum Gasteiger partial charge on any atom is 0.233 e. The number of morpholine rings is 1. The van der Waals surface area contributed by atoms with Crippen LogP contribution in [0.2, 0.25) is 0 Å². The SMILES string of the molecule is COc1ccc(Cc2nnc(SCC(=O)N3CCOCC3)n2-c2ccc(F)cc2)cc1OC. The molecule has 3 aromatic rings. The van der Waals surface area contributed by atoms with Gasteiger partial charge >= 0.3 is 0 Å². The number of hydrogen-bond donors (Lipinski definition) is 0. The lowest BCUT2D eigenvalue weighted by Crippen LogP contribution is -2.41. The van der Waals surface area contributed by atoms with Gasteiger partial charge in [0.05, 0.1) is 33.2 Å². The molecule has 2 aromatic carbocycles. The van der Waals surface area contributed by atoms with Crippen LogP contribution in [0.25, 0.3) is 5.69 Å². The molecule has 4 rings (SSSR count). The second-order valence-corrected chi connectivity index (χ2v) is 8.30. The second-order valence-electron chi connectivity index (χ2n) is 7.36. The summed E-state index contributed by atoms with van der Waals surface area (Å²) in [5.41, 5.74) is 1.67. The molecule has 2 heterocycles. The Labute approximate surface area is 195 Å². The van der Waals surface area contributed by atoms with Gasteiger partial charge in [-0.1, -0.05) is 17.8 Å². The van der Waals surface area contributed by atoms with Crippen LogP contribution in [0.5, 0.6) is 11.5 Å². The average molecular weight is 473 g/mol. The van der Waals surface area contributed by atoms with Crippen LogP contribution in [0.15, 0.2) is 47.6 Å². The van der Waals surface area contributed by atoms with Crippen molar-refractivity contribution in [2.75, 3.05) is 46.3 Å². The first-order chi connectivity index (χ1) is 16.1. The molecule has 0 aliphatic carbocycles. The molecule has 0 unspecified atom stereocenters. The molecule has 10 heteroatoms. The molecule has 0 atom stereocenters. The van der Waals surface area contributed by atoms with Crippen molar-refractivity contribution in [2.24, 2.45) is 0 Å². The third-order valence-corrected chi connectivity index (χ3v) is 6.20. The van der Waals surface area contributed by atoms with E-state index in [1.807, 2.05) is 22.8 Å². The fourth-order valence-electron chi connectivity index (χ4n) is 3.56. The molecule has 1 fully saturated rings. The Morgan fingerprint density at radius 3 is 2.48 bits per heavy atom. The molecule has 0 N–H and O–H groups in total. The van der Waals surface area contributed by atoms with Crippen LogP contribution in [0.4, 0.5) is 4.39 Å². The summed E-state index contributed by atoms with van der Waals surface area (Å²) in [4.78, 5) is 14.4. The summed E-state index contributed by atoms with van der Waals surface area (Å²) in [5.74, 6) is 1.85. The summed E-state index contributed by atoms with van der Waals surface area (Å²) in [5, 5.41) is 9.28. The summed E-state index contributed by atoms with van der Waals surface area (Å²) in [6.45, 7) is 2.29. The van der Waals surface area contributed by atoms with Gasteiger partial charge in [-0.2, -0.15) is 0 Å². The quantitative estimate of drug-likeness (QED) is 0.467. The molecule has 0 saturated carbocycles. The molecule has 1 amide bonds. The monoisotopic (exact) mass is 472 g/mol. The van der Waals surface area contributed by atoms with Crippen molar-refractivity contribution < 1.29 is 23.4 Å². The normalized spacial score (nSPS) is 13.7. The highest BCUT2D eigenvalue weighted by molar-refractivity contribution is 7.99. The van der Waals surface area contributed by atoms with Crippen LogP contribution in [0, 0.1) is 5.82 Å². The number of halogens is 1. The van der Waals surface area contributed by atoms with E-state index in [4.69, 9.17) is 14.2 Å². The van der Waals surface area contributed by atoms with Crippen LogP contribution in [-0.2, 0) is 16.0 Å². The van der Waals surface area contributed by atoms with Gasteiger partial charge in [-0.3, -0.25) is 9.36 Å². The van der Waals surface area contributed by atoms with Gasteiger partial charge < -0.3 is 19.1 Å². The van der Waals surface area contributed by atoms with Crippen LogP contribution < -0.4 is 9.47 Å². The summed E-state index contributed by atoms with van der Waals surface area (Å²) in [6, 6.07) is 11.8. The van der Waals surface area contributed by atoms with Crippen LogP contribution >= 0.6 is 11.8 Å². The van der Waals surface area contributed by atoms with Gasteiger partial charge in [-0.05, 0) is 42.0 Å². The van der Waals surface area contributed by atoms with E-state index in [2.05, 4.69) is 10.2 Å². The number of ether oxygens (including phenoxy) is 3. The maximum atomic E-state index is 13.6. The van der Waals surface area contributed by atoms with E-state index < -0.39 is 0 Å². The van der Waals surface area contributed by atoms with Crippen molar-refractivity contribution in [1.82, 2.24) is 19.7 Å². The summed E-state index contributed by atoms with van der Waals surface area (Å²) in [7, 11) is 3.17. The van der Waals surface area contributed by atoms with Gasteiger partial charge in [0.1, 0.15) is 11.6 Å². The standard InChI is InChI=1S/C23H25FN4O4S/c1-30-19-8-3-16(13-20(19)31-2)14-21-25-26-23(28(21)18-6-4-17(24)5-7-18)33-15-22(29)27-9-11-32-12-10-27/h3-8,13H,9-12,14-15H2,1-2H3. The van der Waals surface area contributed by atoms with Crippen molar-refractivity contribution in [3.8, 4) is 17.2 Å². The van der Waals surface area contributed by atoms with E-state index in [9.17, 15) is 9.18 Å². The number of carbonyl (C=O) groups excluding carboxylic acids is 1. The van der Waals surface area contributed by atoms with E-state index >= 15 is 0 Å². The Bertz CT molecular complexity index is 1100. The number of nitrogens with zero attached hydrogens (tertiary/aromatic N) is 4. The molecule has 1 saturated heterocycles. The van der Waals surface area contributed by atoms with Crippen LogP contribution in [0.3, 0.4) is 0 Å². The molecule has 1 aliphatic heterocycles. The van der Waals surface area contributed by atoms with Crippen molar-refractivity contribution in [2.45, 2.75) is 11.6 Å². The lowest BCUT2D eigenvalue weighted by atomic mass is 10.1. The molecule has 1 aromatic heterocycles. The minimum absolute atomic E-state index is 0.0263. The van der Waals surface area contributed by atoms with Crippen molar-refractivity contribution >= 4 is 17.7 Å². The Balaban J connectivity index is 1.60. The third-order valence-electron chi connectivity index (χ3n) is 5.28. The zero-order valence-electron chi connectivity index (χ0n) is 18.5. The fraction of sp³-hybridized carbons (Fsp3) is 0.348. The third kappa shape index (κ3) is 5.45. The first-order valence-corrected chi connectivity index (χ1v) is 11.5. The molecule has 0 bridgehead atoms. The van der Waals surface area contributed by atoms with E-state index in [-0.39, 0.29) is 17.5 Å². The maximum absolute atomic E-state index is 13.6. The molecule has 0 spiro atoms. The van der Waals surface area contributed by atoms with Gasteiger partial charge in [0.15, 0.2) is 16.7 Å². The zero-order valence-corrected chi connectivity index (χ0v) is 19.3. The predicted molar refractivity (Wildman–Crippen MR) is 122 cm³/mol. The highest BCUT2D eigenvalue weighted by Gasteiger charge is 2.20. The number of rotatable bonds is 8. The summed E-state index contributed by atoms with van der Waals surface area (Å²) < 4.78 is 31.4. The lowest BCUT2D eigenvalue weighted by molar-refractivity contribution is -0.132. The van der Waals surface area contributed by atoms with E-state index in [1.165, 1.54) is 23.9 Å². The lowest BCUT2D eigenvalue weighted by Gasteiger charge is -2.26. The number of benzene rings is 2. The molecule has 1 aliphatic rings. The van der Waals surface area contributed by atoms with Gasteiger partial charge in [-0.15, -0.1) is 10.2 Å². The Kier molecular flexibility index (Phi) is 7.46. The molecule has 0 radical (unpaired) electrons. The first kappa shape index (κ1) is 23.1. The van der Waals surface area contributed by atoms with E-state index in [1.54, 1.807) is 31.3 Å². The highest BCUT2D eigenvalue weighted by Crippen LogP contribution is 2.29. The largest absolute Gasteiger partial charge is 0.493 e. The van der Waals surface area contributed by atoms with Crippen molar-refractivity contribution in [3.05, 3.63) is 59.7 Å². The Morgan fingerprint density at radius 2 is 1.79 bits per heavy atom. The topological polar surface area (TPSA) is 78.7 Å². The highest BCUT2D eigenvalue weighted by atomic mass is 32.2. The van der Waals surface area contributed by atoms with E-state index in [0.29, 0.717) is 55.2 Å². The average Bonchev–Trinajstić information content (AvgIpc) is 3.25. The minimum atomic E-state index is -0.329. The Morgan fingerprint density at radius 1 is 1.06 bits per heavy atom. The van der Waals surface area contributed by atoms with E-state index in [0.717, 1.165) is 11.3 Å². The second kappa shape index (κ2) is 10.7. The molecule has 174 valence electrons. The van der Waals surface area contributed by atoms with Gasteiger partial charge in [0, 0.05) is 25.2 Å². The van der Waals surface area contributed by atoms with Crippen LogP contribution in [-0.4, -0.2) is 71.8 Å². The summed E-state index contributed by atoms with van der Waals surface area (Å²) in [6.07, 6.45) is 0.461. The minimum Gasteiger partial charge on any atom is -0.493 e. The number of amides is 1. The first-order valence-electron chi connectivity index (χ1n) is 10.5. The number of thioether (sulfide) groups is 1. The molecule has 33 heavy (non-hydrogen) atoms. The van der Waals surface area contributed by atoms with Crippen molar-refractivity contribution in [1.29, 1.82) is 0 Å². The number of methoxy groups -OCH3 is 2. The van der Waals surface area contributed by atoms with Gasteiger partial charge in [0.25, 0.3) is 0 Å². The fourth-order valence-corrected chi connectivity index (χ4v) is 4.43. The predicted octanol–water partition coefficient (Wildman–Crippen LogP) is 2.97. The van der Waals surface area contributed by atoms with Crippen molar-refractivity contribution in [3.63, 3.8) is 0 Å². The zero-order chi connectivity index (χ0) is 23.2. The number of hydrogen-bond acceptors (Lipinski definition) is 7.